The molecule has 1 saturated heterocycles. The van der Waals surface area contributed by atoms with E-state index in [0.717, 1.165) is 13.0 Å². The Balaban J connectivity index is 2.09. The normalized spacial score (nSPS) is 18.5. The second-order valence-electron chi connectivity index (χ2n) is 5.46. The van der Waals surface area contributed by atoms with E-state index in [0.29, 0.717) is 24.8 Å². The van der Waals surface area contributed by atoms with Gasteiger partial charge in [-0.15, -0.1) is 0 Å². The molecule has 0 aromatic carbocycles. The lowest BCUT2D eigenvalue weighted by atomic mass is 10.0. The van der Waals surface area contributed by atoms with Crippen LogP contribution in [0.1, 0.15) is 36.7 Å². The van der Waals surface area contributed by atoms with Gasteiger partial charge in [-0.25, -0.2) is 0 Å². The Hall–Kier alpha value is -1.89. The van der Waals surface area contributed by atoms with Gasteiger partial charge in [0, 0.05) is 32.2 Å². The number of aryl methyl sites for hydroxylation is 1. The third-order valence-corrected chi connectivity index (χ3v) is 3.91. The Kier molecular flexibility index (Phi) is 4.95. The number of hydrogen-bond donors (Lipinski definition) is 1. The van der Waals surface area contributed by atoms with E-state index in [1.54, 1.807) is 16.5 Å². The van der Waals surface area contributed by atoms with Crippen molar-refractivity contribution in [2.75, 3.05) is 20.1 Å². The fraction of sp³-hybridized carbons (Fsp3) is 0.643. The zero-order valence-electron chi connectivity index (χ0n) is 12.5. The third-order valence-electron chi connectivity index (χ3n) is 3.91. The molecule has 0 radical (unpaired) electrons. The standard InChI is InChI=1S/C14H22N4O3/c1-3-17-10-12(18(20)21)8-13(17)14(19)16(2)9-11-6-4-5-7-15-11/h8,10-11,15H,3-7,9H2,1-2H3. The number of hydrogen-bond acceptors (Lipinski definition) is 4. The van der Waals surface area contributed by atoms with Crippen molar-refractivity contribution in [2.45, 2.75) is 38.8 Å². The van der Waals surface area contributed by atoms with Crippen LogP contribution < -0.4 is 5.32 Å². The third kappa shape index (κ3) is 3.60. The van der Waals surface area contributed by atoms with E-state index in [-0.39, 0.29) is 11.6 Å². The summed E-state index contributed by atoms with van der Waals surface area (Å²) in [5, 5.41) is 14.2. The molecule has 1 unspecified atom stereocenters. The van der Waals surface area contributed by atoms with E-state index in [4.69, 9.17) is 0 Å². The van der Waals surface area contributed by atoms with Crippen LogP contribution in [0.4, 0.5) is 5.69 Å². The number of nitrogens with one attached hydrogen (secondary N) is 1. The molecule has 116 valence electrons. The summed E-state index contributed by atoms with van der Waals surface area (Å²) < 4.78 is 1.63. The summed E-state index contributed by atoms with van der Waals surface area (Å²) in [6, 6.07) is 1.67. The van der Waals surface area contributed by atoms with Crippen LogP contribution in [0.5, 0.6) is 0 Å². The first kappa shape index (κ1) is 15.5. The van der Waals surface area contributed by atoms with Crippen molar-refractivity contribution in [1.82, 2.24) is 14.8 Å². The highest BCUT2D eigenvalue weighted by Gasteiger charge is 2.23. The van der Waals surface area contributed by atoms with Gasteiger partial charge < -0.3 is 14.8 Å². The molecule has 2 rings (SSSR count). The van der Waals surface area contributed by atoms with E-state index < -0.39 is 4.92 Å². The molecule has 1 atom stereocenters. The minimum atomic E-state index is -0.467. The molecule has 7 heteroatoms. The van der Waals surface area contributed by atoms with Crippen molar-refractivity contribution in [3.05, 3.63) is 28.1 Å². The SMILES string of the molecule is CCn1cc([N+](=O)[O-])cc1C(=O)N(C)CC1CCCCN1. The molecule has 1 aromatic heterocycles. The second kappa shape index (κ2) is 6.71. The topological polar surface area (TPSA) is 80.4 Å². The van der Waals surface area contributed by atoms with Crippen LogP contribution in [0, 0.1) is 10.1 Å². The molecule has 1 aliphatic rings. The number of rotatable bonds is 5. The van der Waals surface area contributed by atoms with Crippen LogP contribution >= 0.6 is 0 Å². The summed E-state index contributed by atoms with van der Waals surface area (Å²) in [5.41, 5.74) is 0.340. The average molecular weight is 294 g/mol. The monoisotopic (exact) mass is 294 g/mol. The molecule has 0 bridgehead atoms. The van der Waals surface area contributed by atoms with Gasteiger partial charge in [-0.1, -0.05) is 6.42 Å². The van der Waals surface area contributed by atoms with E-state index in [1.165, 1.54) is 25.1 Å². The van der Waals surface area contributed by atoms with Gasteiger partial charge in [0.2, 0.25) is 0 Å². The predicted octanol–water partition coefficient (Wildman–Crippen LogP) is 1.63. The van der Waals surface area contributed by atoms with Crippen LogP contribution in [0.2, 0.25) is 0 Å². The number of amides is 1. The Morgan fingerprint density at radius 2 is 2.33 bits per heavy atom. The number of piperidine rings is 1. The molecule has 1 N–H and O–H groups in total. The fourth-order valence-corrected chi connectivity index (χ4v) is 2.72. The number of nitro groups is 1. The summed E-state index contributed by atoms with van der Waals surface area (Å²) in [6.45, 7) is 4.01. The van der Waals surface area contributed by atoms with E-state index in [2.05, 4.69) is 5.32 Å². The predicted molar refractivity (Wildman–Crippen MR) is 79.4 cm³/mol. The highest BCUT2D eigenvalue weighted by Crippen LogP contribution is 2.18. The molecule has 1 aliphatic heterocycles. The van der Waals surface area contributed by atoms with Gasteiger partial charge in [0.1, 0.15) is 5.69 Å². The van der Waals surface area contributed by atoms with Gasteiger partial charge in [-0.3, -0.25) is 14.9 Å². The van der Waals surface area contributed by atoms with Gasteiger partial charge in [-0.2, -0.15) is 0 Å². The van der Waals surface area contributed by atoms with Crippen LogP contribution in [0.25, 0.3) is 0 Å². The quantitative estimate of drug-likeness (QED) is 0.661. The Morgan fingerprint density at radius 1 is 1.57 bits per heavy atom. The van der Waals surface area contributed by atoms with Crippen LogP contribution in [-0.4, -0.2) is 46.5 Å². The van der Waals surface area contributed by atoms with Crippen LogP contribution in [0.15, 0.2) is 12.3 Å². The highest BCUT2D eigenvalue weighted by atomic mass is 16.6. The van der Waals surface area contributed by atoms with E-state index in [1.807, 2.05) is 6.92 Å². The lowest BCUT2D eigenvalue weighted by molar-refractivity contribution is -0.384. The molecular formula is C14H22N4O3. The van der Waals surface area contributed by atoms with Gasteiger partial charge in [0.25, 0.3) is 11.6 Å². The molecule has 0 aliphatic carbocycles. The Labute approximate surface area is 124 Å². The minimum Gasteiger partial charge on any atom is -0.339 e. The van der Waals surface area contributed by atoms with Gasteiger partial charge in [-0.05, 0) is 26.3 Å². The first-order valence-corrected chi connectivity index (χ1v) is 7.36. The van der Waals surface area contributed by atoms with Gasteiger partial charge in [0.05, 0.1) is 11.1 Å². The zero-order chi connectivity index (χ0) is 15.4. The smallest absolute Gasteiger partial charge is 0.287 e. The van der Waals surface area contributed by atoms with Crippen molar-refractivity contribution >= 4 is 11.6 Å². The molecule has 1 fully saturated rings. The van der Waals surface area contributed by atoms with Crippen molar-refractivity contribution in [1.29, 1.82) is 0 Å². The van der Waals surface area contributed by atoms with Crippen molar-refractivity contribution in [3.63, 3.8) is 0 Å². The molecule has 0 spiro atoms. The Bertz CT molecular complexity index is 520. The number of carbonyl (C=O) groups is 1. The molecule has 21 heavy (non-hydrogen) atoms. The lowest BCUT2D eigenvalue weighted by Gasteiger charge is -2.28. The summed E-state index contributed by atoms with van der Waals surface area (Å²) in [6.07, 6.45) is 4.84. The summed E-state index contributed by atoms with van der Waals surface area (Å²) in [5.74, 6) is -0.169. The number of nitrogens with zero attached hydrogens (tertiary/aromatic N) is 3. The number of likely N-dealkylation sites (N-methyl/N-ethyl adjacent to an activating group) is 1. The fourth-order valence-electron chi connectivity index (χ4n) is 2.72. The maximum atomic E-state index is 12.5. The van der Waals surface area contributed by atoms with E-state index >= 15 is 0 Å². The first-order chi connectivity index (χ1) is 10.0. The first-order valence-electron chi connectivity index (χ1n) is 7.36. The van der Waals surface area contributed by atoms with Crippen molar-refractivity contribution < 1.29 is 9.72 Å². The average Bonchev–Trinajstić information content (AvgIpc) is 2.91. The summed E-state index contributed by atoms with van der Waals surface area (Å²) >= 11 is 0. The molecule has 7 nitrogen and oxygen atoms in total. The van der Waals surface area contributed by atoms with Crippen LogP contribution in [-0.2, 0) is 6.54 Å². The molecule has 2 heterocycles. The Morgan fingerprint density at radius 3 is 2.90 bits per heavy atom. The largest absolute Gasteiger partial charge is 0.339 e. The van der Waals surface area contributed by atoms with Crippen molar-refractivity contribution in [3.8, 4) is 0 Å². The van der Waals surface area contributed by atoms with E-state index in [9.17, 15) is 14.9 Å². The second-order valence-corrected chi connectivity index (χ2v) is 5.46. The maximum Gasteiger partial charge on any atom is 0.287 e. The number of aromatic nitrogens is 1. The van der Waals surface area contributed by atoms with Crippen molar-refractivity contribution in [2.24, 2.45) is 0 Å². The number of carbonyl (C=O) groups excluding carboxylic acids is 1. The molecule has 1 aromatic rings. The summed E-state index contributed by atoms with van der Waals surface area (Å²) in [7, 11) is 1.75. The molecular weight excluding hydrogens is 272 g/mol. The molecule has 1 amide bonds. The zero-order valence-corrected chi connectivity index (χ0v) is 12.5. The lowest BCUT2D eigenvalue weighted by Crippen LogP contribution is -2.44. The molecule has 0 saturated carbocycles. The maximum absolute atomic E-state index is 12.5. The van der Waals surface area contributed by atoms with Gasteiger partial charge >= 0.3 is 0 Å². The van der Waals surface area contributed by atoms with Crippen LogP contribution in [0.3, 0.4) is 0 Å². The minimum absolute atomic E-state index is 0.0376. The van der Waals surface area contributed by atoms with Gasteiger partial charge in [0.15, 0.2) is 0 Å². The summed E-state index contributed by atoms with van der Waals surface area (Å²) in [4.78, 5) is 24.5. The highest BCUT2D eigenvalue weighted by molar-refractivity contribution is 5.93.